The normalized spacial score (nSPS) is 9.76. The van der Waals surface area contributed by atoms with Gasteiger partial charge in [-0.25, -0.2) is 0 Å². The molecule has 0 fully saturated rings. The molecule has 7 heteroatoms. The molecule has 0 amide bonds. The van der Waals surface area contributed by atoms with Crippen LogP contribution in [0.1, 0.15) is 19.0 Å². The zero-order valence-corrected chi connectivity index (χ0v) is 28.6. The Bertz CT molecular complexity index is 1160. The van der Waals surface area contributed by atoms with E-state index >= 15 is 0 Å². The van der Waals surface area contributed by atoms with Crippen molar-refractivity contribution in [3.8, 4) is 0 Å². The molecule has 0 aliphatic carbocycles. The number of hydrogen-bond donors (Lipinski definition) is 0. The summed E-state index contributed by atoms with van der Waals surface area (Å²) in [6.45, 7) is 2.10. The number of hydrogen-bond acceptors (Lipinski definition) is 1. The Morgan fingerprint density at radius 1 is 0.707 bits per heavy atom. The van der Waals surface area contributed by atoms with E-state index in [1.54, 1.807) is 0 Å². The van der Waals surface area contributed by atoms with Crippen LogP contribution in [-0.2, 0) is 21.6 Å². The fourth-order valence-corrected chi connectivity index (χ4v) is 7.79. The maximum Gasteiger partial charge on any atom is 0.0966 e. The Morgan fingerprint density at radius 2 is 1.20 bits per heavy atom. The standard InChI is InChI=1S/C21H22P2.C7H9N.C6H5.2ClH.H2N.Ru/c1-4-11-19(12-5-1)22-17-10-18-23(20-13-6-2-7-14-20)21-15-8-3-9-16-21;1-2-7-5-3-4-6-8-7;1-2-4-6-5-3-1;;;;/h1-9,11-16,22H,10,17-18H2;3-6H,2H2,1H3;1-5H;2*1H;1H2;/q;;-1;;;-1;+4/p-1. The monoisotopic (exact) mass is 709 g/mol. The van der Waals surface area contributed by atoms with Gasteiger partial charge in [-0.3, -0.25) is 4.98 Å². The van der Waals surface area contributed by atoms with E-state index < -0.39 is 7.92 Å². The van der Waals surface area contributed by atoms with Crippen molar-refractivity contribution in [2.24, 2.45) is 0 Å². The third-order valence-corrected chi connectivity index (χ3v) is 9.91. The van der Waals surface area contributed by atoms with Crippen LogP contribution in [-0.4, -0.2) is 17.3 Å². The molecule has 5 aromatic rings. The van der Waals surface area contributed by atoms with Crippen molar-refractivity contribution < 1.29 is 15.1 Å². The Balaban J connectivity index is 0.000000380. The molecule has 0 saturated heterocycles. The molecule has 0 aliphatic heterocycles. The molecule has 41 heavy (non-hydrogen) atoms. The van der Waals surface area contributed by atoms with E-state index in [2.05, 4.69) is 109 Å². The summed E-state index contributed by atoms with van der Waals surface area (Å²) in [5, 5.41) is 4.55. The number of aryl methyl sites for hydroxylation is 1. The van der Waals surface area contributed by atoms with Crippen molar-refractivity contribution >= 4 is 51.8 Å². The fraction of sp³-hybridized carbons (Fsp3) is 0.147. The predicted octanol–water partition coefficient (Wildman–Crippen LogP) is 9.47. The maximum atomic E-state index is 4.85. The van der Waals surface area contributed by atoms with E-state index in [4.69, 9.17) is 19.4 Å². The Kier molecular flexibility index (Phi) is 23.3. The molecule has 1 aromatic heterocycles. The fourth-order valence-electron chi connectivity index (χ4n) is 3.74. The number of nitrogens with zero attached hydrogens (tertiary/aromatic N) is 1. The molecule has 0 radical (unpaired) electrons. The second-order valence-electron chi connectivity index (χ2n) is 8.41. The van der Waals surface area contributed by atoms with Gasteiger partial charge >= 0.3 is 34.5 Å². The summed E-state index contributed by atoms with van der Waals surface area (Å²) in [4.78, 5) is 4.10. The molecule has 1 atom stereocenters. The van der Waals surface area contributed by atoms with Crippen LogP contribution >= 0.6 is 35.9 Å². The first-order chi connectivity index (χ1) is 19.8. The van der Waals surface area contributed by atoms with Gasteiger partial charge in [-0.15, -0.1) is 0 Å². The van der Waals surface area contributed by atoms with Crippen LogP contribution in [0.4, 0.5) is 0 Å². The van der Waals surface area contributed by atoms with Crippen LogP contribution < -0.4 is 15.9 Å². The van der Waals surface area contributed by atoms with Crippen LogP contribution in [0.2, 0.25) is 0 Å². The van der Waals surface area contributed by atoms with Crippen molar-refractivity contribution in [2.45, 2.75) is 19.8 Å². The number of pyridine rings is 1. The van der Waals surface area contributed by atoms with Crippen LogP contribution in [0.5, 0.6) is 0 Å². The average molecular weight is 710 g/mol. The van der Waals surface area contributed by atoms with Gasteiger partial charge in [0.05, 0.1) is 24.7 Å². The van der Waals surface area contributed by atoms with Crippen LogP contribution in [0.15, 0.2) is 146 Å². The molecule has 1 heterocycles. The minimum Gasteiger partial charge on any atom is -0.693 e. The molecule has 0 aliphatic rings. The van der Waals surface area contributed by atoms with Crippen molar-refractivity contribution in [1.29, 1.82) is 0 Å². The van der Waals surface area contributed by atoms with Crippen molar-refractivity contribution in [1.82, 2.24) is 4.98 Å². The molecular weight excluding hydrogens is 670 g/mol. The quantitative estimate of drug-likeness (QED) is 0.0686. The number of halogens is 2. The van der Waals surface area contributed by atoms with Gasteiger partial charge in [-0.2, -0.15) is 36.4 Å². The van der Waals surface area contributed by atoms with Crippen LogP contribution in [0.3, 0.4) is 0 Å². The van der Waals surface area contributed by atoms with Crippen LogP contribution in [0.25, 0.3) is 6.15 Å². The predicted molar refractivity (Wildman–Crippen MR) is 185 cm³/mol. The minimum absolute atomic E-state index is 0. The van der Waals surface area contributed by atoms with E-state index in [0.29, 0.717) is 0 Å². The summed E-state index contributed by atoms with van der Waals surface area (Å²) in [5.74, 6) is 0. The summed E-state index contributed by atoms with van der Waals surface area (Å²) in [5.41, 5.74) is 1.16. The Labute approximate surface area is 266 Å². The molecular formula is C34H39Cl2N2P2Ru+. The molecule has 5 rings (SSSR count). The first-order valence-corrected chi connectivity index (χ1v) is 20.6. The molecule has 0 bridgehead atoms. The summed E-state index contributed by atoms with van der Waals surface area (Å²) in [7, 11) is 9.99. The third-order valence-electron chi connectivity index (χ3n) is 5.65. The number of benzene rings is 4. The largest absolute Gasteiger partial charge is 0.693 e. The van der Waals surface area contributed by atoms with E-state index in [9.17, 15) is 0 Å². The summed E-state index contributed by atoms with van der Waals surface area (Å²) in [6, 6.07) is 51.5. The first kappa shape index (κ1) is 37.1. The van der Waals surface area contributed by atoms with Crippen molar-refractivity contribution in [3.05, 3.63) is 164 Å². The van der Waals surface area contributed by atoms with Gasteiger partial charge in [-0.05, 0) is 60.7 Å². The second kappa shape index (κ2) is 25.7. The van der Waals surface area contributed by atoms with E-state index in [-0.39, 0.29) is 21.3 Å². The number of nitrogens with two attached hydrogens (primary N) is 1. The van der Waals surface area contributed by atoms with Crippen LogP contribution in [0, 0.1) is 6.07 Å². The van der Waals surface area contributed by atoms with Gasteiger partial charge in [0.1, 0.15) is 0 Å². The molecule has 0 spiro atoms. The first-order valence-electron chi connectivity index (χ1n) is 13.2. The van der Waals surface area contributed by atoms with Gasteiger partial charge in [0.25, 0.3) is 0 Å². The molecule has 1 unspecified atom stereocenters. The molecule has 4 aromatic carbocycles. The third kappa shape index (κ3) is 17.6. The molecule has 2 nitrogen and oxygen atoms in total. The van der Waals surface area contributed by atoms with Gasteiger partial charge in [0.15, 0.2) is 0 Å². The molecule has 0 saturated carbocycles. The second-order valence-corrected chi connectivity index (χ2v) is 15.1. The van der Waals surface area contributed by atoms with E-state index in [0.717, 1.165) is 20.7 Å². The Hall–Kier alpha value is -1.95. The summed E-state index contributed by atoms with van der Waals surface area (Å²) >= 11 is -0.346. The Morgan fingerprint density at radius 3 is 1.59 bits per heavy atom. The SMILES string of the molecule is CCc1ccccn1.[Cl][Ru+2][Cl].[NH2-].[c-]1ccccc1.c1ccc(PCCC[PH+](c2ccccc2)c2ccccc2)cc1. The number of rotatable bonds is 8. The van der Waals surface area contributed by atoms with Crippen molar-refractivity contribution in [2.75, 3.05) is 12.3 Å². The van der Waals surface area contributed by atoms with Gasteiger partial charge in [-0.1, -0.05) is 88.3 Å². The topological polar surface area (TPSA) is 46.4 Å². The minimum atomic E-state index is -0.649. The van der Waals surface area contributed by atoms with E-state index in [1.807, 2.05) is 54.7 Å². The zero-order valence-electron chi connectivity index (χ0n) is 23.3. The zero-order chi connectivity index (χ0) is 28.5. The van der Waals surface area contributed by atoms with E-state index in [1.165, 1.54) is 34.7 Å². The maximum absolute atomic E-state index is 4.85. The van der Waals surface area contributed by atoms with Gasteiger partial charge in [0, 0.05) is 11.9 Å². The van der Waals surface area contributed by atoms with Crippen molar-refractivity contribution in [3.63, 3.8) is 0 Å². The summed E-state index contributed by atoms with van der Waals surface area (Å²) < 4.78 is 0. The smallest absolute Gasteiger partial charge is 0.0966 e. The number of aromatic nitrogens is 1. The molecule has 2 N–H and O–H groups in total. The summed E-state index contributed by atoms with van der Waals surface area (Å²) in [6.07, 6.45) is 6.78. The average Bonchev–Trinajstić information content (AvgIpc) is 3.05. The van der Waals surface area contributed by atoms with Gasteiger partial charge in [0.2, 0.25) is 0 Å². The molecule has 216 valence electrons. The van der Waals surface area contributed by atoms with Gasteiger partial charge < -0.3 is 6.15 Å².